The fourth-order valence-electron chi connectivity index (χ4n) is 4.71. The van der Waals surface area contributed by atoms with Gasteiger partial charge in [0.2, 0.25) is 0 Å². The second-order valence-corrected chi connectivity index (χ2v) is 10.8. The van der Waals surface area contributed by atoms with Crippen molar-refractivity contribution < 1.29 is 47.0 Å². The van der Waals surface area contributed by atoms with Crippen LogP contribution in [0, 0.1) is 10.1 Å². The SMILES string of the molecule is COC(=O)C1=C(C(F)(F)F)NC(C)=C(C(=O)OCCN(C)c2ccc(OCC(O)CNC(C)C)cc2)C1c1cccc([N+](=O)[O-])c1. The molecule has 1 heterocycles. The average molecular weight is 651 g/mol. The van der Waals surface area contributed by atoms with E-state index < -0.39 is 52.0 Å². The maximum Gasteiger partial charge on any atom is 0.431 e. The Morgan fingerprint density at radius 1 is 1.13 bits per heavy atom. The van der Waals surface area contributed by atoms with Crippen LogP contribution in [0.1, 0.15) is 32.3 Å². The minimum Gasteiger partial charge on any atom is -0.491 e. The van der Waals surface area contributed by atoms with Crippen molar-refractivity contribution >= 4 is 23.3 Å². The number of anilines is 1. The number of aliphatic hydroxyl groups excluding tert-OH is 1. The van der Waals surface area contributed by atoms with Crippen LogP contribution in [-0.4, -0.2) is 80.8 Å². The maximum absolute atomic E-state index is 14.1. The quantitative estimate of drug-likeness (QED) is 0.155. The summed E-state index contributed by atoms with van der Waals surface area (Å²) in [5, 5.41) is 26.7. The Morgan fingerprint density at radius 3 is 2.39 bits per heavy atom. The number of nitro groups is 1. The van der Waals surface area contributed by atoms with Gasteiger partial charge in [0.1, 0.15) is 30.8 Å². The van der Waals surface area contributed by atoms with Crippen LogP contribution in [0.4, 0.5) is 24.5 Å². The molecule has 250 valence electrons. The van der Waals surface area contributed by atoms with Gasteiger partial charge in [-0.3, -0.25) is 10.1 Å². The minimum absolute atomic E-state index is 0.101. The highest BCUT2D eigenvalue weighted by Gasteiger charge is 2.47. The summed E-state index contributed by atoms with van der Waals surface area (Å²) in [5.74, 6) is -3.53. The topological polar surface area (TPSA) is 152 Å². The van der Waals surface area contributed by atoms with Gasteiger partial charge in [0.15, 0.2) is 0 Å². The number of alkyl halides is 3. The monoisotopic (exact) mass is 650 g/mol. The van der Waals surface area contributed by atoms with Gasteiger partial charge in [-0.25, -0.2) is 9.59 Å². The third-order valence-electron chi connectivity index (χ3n) is 7.03. The smallest absolute Gasteiger partial charge is 0.431 e. The number of esters is 2. The fraction of sp³-hybridized carbons (Fsp3) is 0.419. The van der Waals surface area contributed by atoms with Crippen LogP contribution < -0.4 is 20.3 Å². The Bertz CT molecular complexity index is 1470. The van der Waals surface area contributed by atoms with Gasteiger partial charge in [-0.1, -0.05) is 26.0 Å². The molecule has 2 unspecified atom stereocenters. The lowest BCUT2D eigenvalue weighted by molar-refractivity contribution is -0.384. The summed E-state index contributed by atoms with van der Waals surface area (Å²) in [7, 11) is 2.62. The first kappa shape index (κ1) is 35.8. The van der Waals surface area contributed by atoms with Crippen LogP contribution >= 0.6 is 0 Å². The molecule has 3 rings (SSSR count). The average Bonchev–Trinajstić information content (AvgIpc) is 3.01. The van der Waals surface area contributed by atoms with E-state index in [1.807, 2.05) is 13.8 Å². The molecule has 3 N–H and O–H groups in total. The zero-order valence-corrected chi connectivity index (χ0v) is 26.0. The number of aliphatic hydroxyl groups is 1. The fourth-order valence-corrected chi connectivity index (χ4v) is 4.71. The van der Waals surface area contributed by atoms with Crippen molar-refractivity contribution in [2.45, 2.75) is 45.0 Å². The number of hydrogen-bond donors (Lipinski definition) is 3. The van der Waals surface area contributed by atoms with Gasteiger partial charge < -0.3 is 34.9 Å². The van der Waals surface area contributed by atoms with Crippen LogP contribution in [0.15, 0.2) is 71.1 Å². The zero-order chi connectivity index (χ0) is 34.2. The number of rotatable bonds is 14. The van der Waals surface area contributed by atoms with Gasteiger partial charge in [0.05, 0.1) is 35.6 Å². The number of allylic oxidation sites excluding steroid dienone is 2. The van der Waals surface area contributed by atoms with Crippen molar-refractivity contribution in [2.24, 2.45) is 0 Å². The Hall–Kier alpha value is -4.63. The van der Waals surface area contributed by atoms with Gasteiger partial charge in [-0.2, -0.15) is 13.2 Å². The number of carbonyl (C=O) groups excluding carboxylic acids is 2. The Kier molecular flexibility index (Phi) is 12.1. The number of nitrogens with zero attached hydrogens (tertiary/aromatic N) is 2. The van der Waals surface area contributed by atoms with Crippen molar-refractivity contribution in [1.82, 2.24) is 10.6 Å². The number of hydrogen-bond acceptors (Lipinski definition) is 11. The second-order valence-electron chi connectivity index (χ2n) is 10.8. The van der Waals surface area contributed by atoms with Gasteiger partial charge in [0, 0.05) is 43.2 Å². The summed E-state index contributed by atoms with van der Waals surface area (Å²) in [6, 6.07) is 11.8. The molecular weight excluding hydrogens is 613 g/mol. The van der Waals surface area contributed by atoms with Gasteiger partial charge in [-0.05, 0) is 36.8 Å². The van der Waals surface area contributed by atoms with Crippen LogP contribution in [0.3, 0.4) is 0 Å². The molecule has 46 heavy (non-hydrogen) atoms. The molecule has 0 radical (unpaired) electrons. The first-order valence-electron chi connectivity index (χ1n) is 14.3. The number of non-ortho nitro benzene ring substituents is 1. The Balaban J connectivity index is 1.77. The molecule has 0 aliphatic carbocycles. The molecule has 0 saturated carbocycles. The van der Waals surface area contributed by atoms with Gasteiger partial charge in [-0.15, -0.1) is 0 Å². The van der Waals surface area contributed by atoms with E-state index in [-0.39, 0.29) is 42.6 Å². The summed E-state index contributed by atoms with van der Waals surface area (Å²) < 4.78 is 58.0. The molecule has 0 bridgehead atoms. The van der Waals surface area contributed by atoms with Crippen molar-refractivity contribution in [3.63, 3.8) is 0 Å². The molecule has 0 fully saturated rings. The van der Waals surface area contributed by atoms with E-state index >= 15 is 0 Å². The first-order chi connectivity index (χ1) is 21.6. The lowest BCUT2D eigenvalue weighted by Crippen LogP contribution is -2.38. The lowest BCUT2D eigenvalue weighted by atomic mass is 9.80. The van der Waals surface area contributed by atoms with Crippen LogP contribution in [0.25, 0.3) is 0 Å². The summed E-state index contributed by atoms with van der Waals surface area (Å²) in [5.41, 5.74) is -2.77. The van der Waals surface area contributed by atoms with E-state index in [4.69, 9.17) is 9.47 Å². The summed E-state index contributed by atoms with van der Waals surface area (Å²) >= 11 is 0. The highest BCUT2D eigenvalue weighted by Crippen LogP contribution is 2.44. The molecular formula is C31H37F3N4O8. The standard InChI is InChI=1S/C31H37F3N4O8/c1-18(2)35-16-23(39)17-46-24-11-9-21(10-12-24)37(4)13-14-45-30(41)25-19(3)36-28(31(32,33)34)27(29(40)44-5)26(25)20-7-6-8-22(15-20)38(42)43/h6-12,15,18,23,26,35-36,39H,13-14,16-17H2,1-5H3. The molecule has 0 saturated heterocycles. The number of likely N-dealkylation sites (N-methyl/N-ethyl adjacent to an activating group) is 1. The number of benzene rings is 2. The molecule has 0 aromatic heterocycles. The number of nitrogens with one attached hydrogen (secondary N) is 2. The molecule has 1 aliphatic rings. The normalized spacial score (nSPS) is 15.7. The number of nitro benzene ring substituents is 1. The molecule has 2 aromatic rings. The zero-order valence-electron chi connectivity index (χ0n) is 26.0. The highest BCUT2D eigenvalue weighted by atomic mass is 19.4. The number of halogens is 3. The van der Waals surface area contributed by atoms with Crippen molar-refractivity contribution in [1.29, 1.82) is 0 Å². The summed E-state index contributed by atoms with van der Waals surface area (Å²) in [6.45, 7) is 5.64. The Morgan fingerprint density at radius 2 is 1.80 bits per heavy atom. The maximum atomic E-state index is 14.1. The largest absolute Gasteiger partial charge is 0.491 e. The van der Waals surface area contributed by atoms with E-state index in [2.05, 4.69) is 15.4 Å². The number of dihydropyridines is 1. The predicted octanol–water partition coefficient (Wildman–Crippen LogP) is 3.96. The molecule has 15 heteroatoms. The molecule has 2 aromatic carbocycles. The molecule has 0 amide bonds. The highest BCUT2D eigenvalue weighted by molar-refractivity contribution is 6.00. The van der Waals surface area contributed by atoms with Crippen LogP contribution in [-0.2, 0) is 19.1 Å². The number of ether oxygens (including phenoxy) is 3. The minimum atomic E-state index is -5.05. The third kappa shape index (κ3) is 9.20. The van der Waals surface area contributed by atoms with E-state index in [9.17, 15) is 38.0 Å². The molecule has 0 spiro atoms. The first-order valence-corrected chi connectivity index (χ1v) is 14.3. The van der Waals surface area contributed by atoms with E-state index in [0.717, 1.165) is 24.9 Å². The summed E-state index contributed by atoms with van der Waals surface area (Å²) in [4.78, 5) is 38.6. The van der Waals surface area contributed by atoms with Crippen LogP contribution in [0.5, 0.6) is 5.75 Å². The number of carbonyl (C=O) groups is 2. The van der Waals surface area contributed by atoms with Gasteiger partial charge >= 0.3 is 18.1 Å². The van der Waals surface area contributed by atoms with E-state index in [0.29, 0.717) is 12.3 Å². The van der Waals surface area contributed by atoms with Crippen molar-refractivity contribution in [3.05, 3.63) is 86.7 Å². The molecule has 2 atom stereocenters. The Labute approximate surface area is 264 Å². The van der Waals surface area contributed by atoms with E-state index in [1.54, 1.807) is 36.2 Å². The van der Waals surface area contributed by atoms with Gasteiger partial charge in [0.25, 0.3) is 5.69 Å². The van der Waals surface area contributed by atoms with E-state index in [1.165, 1.54) is 19.1 Å². The second kappa shape index (κ2) is 15.6. The number of methoxy groups -OCH3 is 1. The van der Waals surface area contributed by atoms with Crippen molar-refractivity contribution in [3.8, 4) is 5.75 Å². The molecule has 1 aliphatic heterocycles. The van der Waals surface area contributed by atoms with Crippen LogP contribution in [0.2, 0.25) is 0 Å². The summed E-state index contributed by atoms with van der Waals surface area (Å²) in [6.07, 6.45) is -5.74. The van der Waals surface area contributed by atoms with Crippen molar-refractivity contribution in [2.75, 3.05) is 45.4 Å². The predicted molar refractivity (Wildman–Crippen MR) is 162 cm³/mol. The third-order valence-corrected chi connectivity index (χ3v) is 7.03. The molecule has 12 nitrogen and oxygen atoms in total. The lowest BCUT2D eigenvalue weighted by Gasteiger charge is -2.32.